The van der Waals surface area contributed by atoms with Crippen LogP contribution in [0.2, 0.25) is 0 Å². The summed E-state index contributed by atoms with van der Waals surface area (Å²) in [4.78, 5) is 47.7. The Bertz CT molecular complexity index is 1150. The maximum Gasteiger partial charge on any atom is 0.343 e. The fraction of sp³-hybridized carbons (Fsp3) is 0.190. The largest absolute Gasteiger partial charge is 0.488 e. The van der Waals surface area contributed by atoms with Crippen LogP contribution in [0.4, 0.5) is 5.69 Å². The van der Waals surface area contributed by atoms with Crippen molar-refractivity contribution >= 4 is 35.5 Å². The van der Waals surface area contributed by atoms with Gasteiger partial charge in [-0.25, -0.2) is 9.59 Å². The average Bonchev–Trinajstić information content (AvgIpc) is 2.79. The smallest absolute Gasteiger partial charge is 0.343 e. The molecule has 1 aliphatic heterocycles. The third-order valence-corrected chi connectivity index (χ3v) is 4.63. The van der Waals surface area contributed by atoms with E-state index in [0.29, 0.717) is 11.3 Å². The number of ether oxygens (including phenoxy) is 2. The predicted octanol–water partition coefficient (Wildman–Crippen LogP) is 0.804. The number of anilines is 1. The van der Waals surface area contributed by atoms with E-state index >= 15 is 0 Å². The van der Waals surface area contributed by atoms with Crippen LogP contribution in [0.1, 0.15) is 32.7 Å². The lowest BCUT2D eigenvalue weighted by atomic mass is 10.0. The second-order valence-electron chi connectivity index (χ2n) is 6.99. The molecule has 7 N–H and O–H groups in total. The van der Waals surface area contributed by atoms with Gasteiger partial charge < -0.3 is 36.1 Å². The van der Waals surface area contributed by atoms with Gasteiger partial charge in [0.15, 0.2) is 17.5 Å². The Morgan fingerprint density at radius 1 is 1.18 bits per heavy atom. The second-order valence-corrected chi connectivity index (χ2v) is 6.99. The number of guanidine groups is 1. The monoisotopic (exact) mass is 456 g/mol. The zero-order valence-electron chi connectivity index (χ0n) is 17.1. The van der Waals surface area contributed by atoms with Crippen molar-refractivity contribution in [2.24, 2.45) is 5.73 Å². The number of amides is 1. The van der Waals surface area contributed by atoms with E-state index in [1.807, 2.05) is 0 Å². The first-order valence-corrected chi connectivity index (χ1v) is 9.63. The van der Waals surface area contributed by atoms with Gasteiger partial charge in [0.2, 0.25) is 0 Å². The summed E-state index contributed by atoms with van der Waals surface area (Å²) in [7, 11) is 0. The number of hydrogen-bond donors (Lipinski definition) is 6. The second kappa shape index (κ2) is 9.68. The summed E-state index contributed by atoms with van der Waals surface area (Å²) in [6, 6.07) is 7.17. The molecule has 33 heavy (non-hydrogen) atoms. The van der Waals surface area contributed by atoms with Gasteiger partial charge in [-0.05, 0) is 35.9 Å². The summed E-state index contributed by atoms with van der Waals surface area (Å²) in [5.74, 6) is -4.95. The zero-order valence-corrected chi connectivity index (χ0v) is 17.1. The summed E-state index contributed by atoms with van der Waals surface area (Å²) in [5.41, 5.74) is 6.51. The molecule has 172 valence electrons. The standard InChI is InChI=1S/C21H20N4O8/c22-21(23)24-11-4-5-12-10(8-11)6-7-32-17-13(2-1-3-15(17)33-20(12)31)18(28)25-14(19(29)30)9-16(26)27/h1-5,8,14H,6-7,9H2,(H,25,28)(H,26,27)(H,29,30)(H4,22,23,24)/t14-/m0/s1. The molecular formula is C21H20N4O8. The van der Waals surface area contributed by atoms with E-state index in [-0.39, 0.29) is 41.6 Å². The van der Waals surface area contributed by atoms with E-state index in [1.54, 1.807) is 12.1 Å². The normalized spacial score (nSPS) is 13.4. The minimum absolute atomic E-state index is 0.0297. The van der Waals surface area contributed by atoms with Gasteiger partial charge in [0.05, 0.1) is 24.2 Å². The first-order chi connectivity index (χ1) is 15.7. The molecule has 3 rings (SSSR count). The number of nitrogens with two attached hydrogens (primary N) is 1. The minimum Gasteiger partial charge on any atom is -0.488 e. The number of aliphatic carboxylic acids is 2. The van der Waals surface area contributed by atoms with Crippen LogP contribution in [-0.2, 0) is 16.0 Å². The van der Waals surface area contributed by atoms with Crippen molar-refractivity contribution in [1.82, 2.24) is 5.32 Å². The van der Waals surface area contributed by atoms with Crippen molar-refractivity contribution in [3.8, 4) is 11.5 Å². The molecule has 0 saturated heterocycles. The maximum absolute atomic E-state index is 12.8. The third-order valence-electron chi connectivity index (χ3n) is 4.63. The molecule has 0 bridgehead atoms. The Labute approximate surface area is 186 Å². The molecule has 0 radical (unpaired) electrons. The average molecular weight is 456 g/mol. The van der Waals surface area contributed by atoms with Gasteiger partial charge in [-0.3, -0.25) is 15.0 Å². The van der Waals surface area contributed by atoms with Crippen molar-refractivity contribution in [1.29, 1.82) is 5.41 Å². The van der Waals surface area contributed by atoms with E-state index in [4.69, 9.17) is 25.7 Å². The van der Waals surface area contributed by atoms with Gasteiger partial charge in [-0.2, -0.15) is 0 Å². The number of carboxylic acids is 2. The SMILES string of the molecule is N=C(N)Nc1ccc2c(c1)CCOc1c(cccc1C(=O)N[C@@H](CC(=O)O)C(=O)O)OC2=O. The molecule has 2 aromatic rings. The van der Waals surface area contributed by atoms with Crippen LogP contribution in [0, 0.1) is 5.41 Å². The predicted molar refractivity (Wildman–Crippen MR) is 114 cm³/mol. The molecule has 1 aliphatic rings. The van der Waals surface area contributed by atoms with Crippen molar-refractivity contribution in [3.05, 3.63) is 53.1 Å². The molecule has 1 amide bonds. The Hall–Kier alpha value is -4.61. The summed E-state index contributed by atoms with van der Waals surface area (Å²) >= 11 is 0. The summed E-state index contributed by atoms with van der Waals surface area (Å²) in [5, 5.41) is 30.2. The Balaban J connectivity index is 1.90. The highest BCUT2D eigenvalue weighted by molar-refractivity contribution is 6.01. The summed E-state index contributed by atoms with van der Waals surface area (Å²) in [6.07, 6.45) is -0.581. The van der Waals surface area contributed by atoms with Gasteiger partial charge in [-0.15, -0.1) is 0 Å². The Morgan fingerprint density at radius 2 is 1.94 bits per heavy atom. The highest BCUT2D eigenvalue weighted by Gasteiger charge is 2.27. The van der Waals surface area contributed by atoms with Crippen LogP contribution in [0.25, 0.3) is 0 Å². The molecule has 0 saturated carbocycles. The minimum atomic E-state index is -1.67. The van der Waals surface area contributed by atoms with Crippen molar-refractivity contribution < 1.29 is 38.9 Å². The molecule has 0 fully saturated rings. The lowest BCUT2D eigenvalue weighted by Gasteiger charge is -2.16. The molecule has 0 aromatic heterocycles. The van der Waals surface area contributed by atoms with E-state index in [0.717, 1.165) is 0 Å². The van der Waals surface area contributed by atoms with Gasteiger partial charge in [0.1, 0.15) is 6.04 Å². The number of benzene rings is 2. The Morgan fingerprint density at radius 3 is 2.61 bits per heavy atom. The number of para-hydroxylation sites is 1. The lowest BCUT2D eigenvalue weighted by molar-refractivity contribution is -0.145. The number of esters is 1. The summed E-state index contributed by atoms with van der Waals surface area (Å²) in [6.45, 7) is 0.0297. The fourth-order valence-electron chi connectivity index (χ4n) is 3.19. The topological polar surface area (TPSA) is 201 Å². The number of nitrogens with one attached hydrogen (secondary N) is 3. The van der Waals surface area contributed by atoms with E-state index in [1.165, 1.54) is 24.3 Å². The first-order valence-electron chi connectivity index (χ1n) is 9.63. The fourth-order valence-corrected chi connectivity index (χ4v) is 3.19. The van der Waals surface area contributed by atoms with Gasteiger partial charge in [0, 0.05) is 12.1 Å². The molecule has 0 spiro atoms. The maximum atomic E-state index is 12.8. The van der Waals surface area contributed by atoms with Gasteiger partial charge in [-0.1, -0.05) is 6.07 Å². The van der Waals surface area contributed by atoms with Crippen LogP contribution >= 0.6 is 0 Å². The number of carbonyl (C=O) groups is 4. The third kappa shape index (κ3) is 5.55. The van der Waals surface area contributed by atoms with Crippen molar-refractivity contribution in [3.63, 3.8) is 0 Å². The van der Waals surface area contributed by atoms with Crippen LogP contribution in [0.5, 0.6) is 11.5 Å². The number of rotatable bonds is 6. The molecule has 12 nitrogen and oxygen atoms in total. The molecule has 1 atom stereocenters. The lowest BCUT2D eigenvalue weighted by Crippen LogP contribution is -2.42. The van der Waals surface area contributed by atoms with Crippen molar-refractivity contribution in [2.75, 3.05) is 11.9 Å². The number of carboxylic acid groups (broad SMARTS) is 2. The zero-order chi connectivity index (χ0) is 24.1. The van der Waals surface area contributed by atoms with E-state index in [2.05, 4.69) is 10.6 Å². The summed E-state index contributed by atoms with van der Waals surface area (Å²) < 4.78 is 11.2. The molecule has 0 aliphatic carbocycles. The van der Waals surface area contributed by atoms with Gasteiger partial charge in [0.25, 0.3) is 5.91 Å². The molecule has 12 heteroatoms. The molecular weight excluding hydrogens is 436 g/mol. The van der Waals surface area contributed by atoms with Crippen LogP contribution < -0.4 is 25.8 Å². The van der Waals surface area contributed by atoms with Crippen molar-refractivity contribution in [2.45, 2.75) is 18.9 Å². The molecule has 1 heterocycles. The van der Waals surface area contributed by atoms with Crippen LogP contribution in [0.3, 0.4) is 0 Å². The van der Waals surface area contributed by atoms with Crippen LogP contribution in [0.15, 0.2) is 36.4 Å². The quantitative estimate of drug-likeness (QED) is 0.156. The number of fused-ring (bicyclic) bond motifs is 2. The van der Waals surface area contributed by atoms with E-state index < -0.39 is 36.3 Å². The number of hydrogen-bond acceptors (Lipinski definition) is 7. The molecule has 0 unspecified atom stereocenters. The molecule has 2 aromatic carbocycles. The Kier molecular flexibility index (Phi) is 6.77. The van der Waals surface area contributed by atoms with Crippen LogP contribution in [-0.4, -0.2) is 52.6 Å². The number of carbonyl (C=O) groups excluding carboxylic acids is 2. The van der Waals surface area contributed by atoms with Gasteiger partial charge >= 0.3 is 17.9 Å². The van der Waals surface area contributed by atoms with E-state index in [9.17, 15) is 24.3 Å². The highest BCUT2D eigenvalue weighted by Crippen LogP contribution is 2.34. The first kappa shape index (κ1) is 23.1. The highest BCUT2D eigenvalue weighted by atomic mass is 16.6.